The molecule has 2 aliphatic rings. The van der Waals surface area contributed by atoms with E-state index in [2.05, 4.69) is 21.2 Å². The van der Waals surface area contributed by atoms with Crippen molar-refractivity contribution >= 4 is 15.9 Å². The van der Waals surface area contributed by atoms with Crippen molar-refractivity contribution < 1.29 is 8.78 Å². The lowest BCUT2D eigenvalue weighted by molar-refractivity contribution is 0.408. The zero-order chi connectivity index (χ0) is 13.6. The van der Waals surface area contributed by atoms with Crippen LogP contribution in [0.5, 0.6) is 0 Å². The lowest BCUT2D eigenvalue weighted by atomic mass is 9.96. The molecule has 0 bridgehead atoms. The molecule has 1 N–H and O–H groups in total. The maximum absolute atomic E-state index is 14.1. The van der Waals surface area contributed by atoms with Crippen LogP contribution in [0.25, 0.3) is 0 Å². The summed E-state index contributed by atoms with van der Waals surface area (Å²) >= 11 is 3.03. The summed E-state index contributed by atoms with van der Waals surface area (Å²) in [7, 11) is 0. The van der Waals surface area contributed by atoms with Gasteiger partial charge in [0.2, 0.25) is 0 Å². The van der Waals surface area contributed by atoms with E-state index in [-0.39, 0.29) is 22.1 Å². The summed E-state index contributed by atoms with van der Waals surface area (Å²) in [5, 5.41) is 3.35. The second-order valence-electron chi connectivity index (χ2n) is 5.66. The Morgan fingerprint density at radius 3 is 2.58 bits per heavy atom. The van der Waals surface area contributed by atoms with E-state index in [1.807, 2.05) is 6.92 Å². The molecule has 1 aromatic rings. The minimum absolute atomic E-state index is 0.0390. The van der Waals surface area contributed by atoms with Gasteiger partial charge in [0.05, 0.1) is 4.47 Å². The maximum atomic E-state index is 14.1. The Kier molecular flexibility index (Phi) is 3.65. The van der Waals surface area contributed by atoms with Gasteiger partial charge in [0, 0.05) is 11.6 Å². The first-order chi connectivity index (χ1) is 9.13. The Hall–Kier alpha value is -0.480. The minimum atomic E-state index is -0.384. The van der Waals surface area contributed by atoms with Crippen LogP contribution in [-0.2, 0) is 0 Å². The number of hydrogen-bond acceptors (Lipinski definition) is 1. The Balaban J connectivity index is 1.90. The van der Waals surface area contributed by atoms with Crippen LogP contribution in [-0.4, -0.2) is 6.54 Å². The highest BCUT2D eigenvalue weighted by atomic mass is 79.9. The first kappa shape index (κ1) is 13.5. The fraction of sp³-hybridized carbons (Fsp3) is 0.600. The van der Waals surface area contributed by atoms with Crippen LogP contribution in [0.15, 0.2) is 16.6 Å². The molecule has 0 spiro atoms. The Labute approximate surface area is 120 Å². The molecule has 0 radical (unpaired) electrons. The smallest absolute Gasteiger partial charge is 0.137 e. The summed E-state index contributed by atoms with van der Waals surface area (Å²) < 4.78 is 28.0. The van der Waals surface area contributed by atoms with Gasteiger partial charge in [0.15, 0.2) is 0 Å². The predicted molar refractivity (Wildman–Crippen MR) is 74.8 cm³/mol. The van der Waals surface area contributed by atoms with Crippen molar-refractivity contribution in [3.8, 4) is 0 Å². The van der Waals surface area contributed by atoms with E-state index >= 15 is 0 Å². The number of benzene rings is 1. The van der Waals surface area contributed by atoms with E-state index in [9.17, 15) is 8.78 Å². The molecular formula is C15H18BrF2N. The fourth-order valence-electron chi connectivity index (χ4n) is 3.82. The van der Waals surface area contributed by atoms with Crippen molar-refractivity contribution in [1.82, 2.24) is 5.32 Å². The zero-order valence-electron chi connectivity index (χ0n) is 10.9. The summed E-state index contributed by atoms with van der Waals surface area (Å²) in [6, 6.07) is 2.55. The third kappa shape index (κ3) is 2.33. The van der Waals surface area contributed by atoms with Crippen molar-refractivity contribution in [2.75, 3.05) is 6.54 Å². The second kappa shape index (κ2) is 5.13. The number of rotatable bonds is 4. The average molecular weight is 330 g/mol. The van der Waals surface area contributed by atoms with Crippen molar-refractivity contribution in [3.63, 3.8) is 0 Å². The lowest BCUT2D eigenvalue weighted by Crippen LogP contribution is -2.25. The molecule has 3 unspecified atom stereocenters. The van der Waals surface area contributed by atoms with Crippen molar-refractivity contribution in [2.24, 2.45) is 17.8 Å². The van der Waals surface area contributed by atoms with Crippen LogP contribution >= 0.6 is 15.9 Å². The first-order valence-electron chi connectivity index (χ1n) is 7.01. The van der Waals surface area contributed by atoms with Crippen LogP contribution in [0.2, 0.25) is 0 Å². The molecule has 1 aromatic carbocycles. The van der Waals surface area contributed by atoms with Gasteiger partial charge in [-0.2, -0.15) is 0 Å². The molecule has 0 aliphatic heterocycles. The molecule has 19 heavy (non-hydrogen) atoms. The SMILES string of the molecule is CCNC(c1cc(F)c(Br)cc1F)C1C2CCCC21. The van der Waals surface area contributed by atoms with Crippen LogP contribution in [0, 0.1) is 29.4 Å². The molecular weight excluding hydrogens is 312 g/mol. The van der Waals surface area contributed by atoms with E-state index in [1.54, 1.807) is 0 Å². The zero-order valence-corrected chi connectivity index (χ0v) is 12.5. The normalized spacial score (nSPS) is 30.2. The molecule has 0 aromatic heterocycles. The number of hydrogen-bond donors (Lipinski definition) is 1. The predicted octanol–water partition coefficient (Wildman–Crippen LogP) is 4.42. The Morgan fingerprint density at radius 2 is 1.95 bits per heavy atom. The molecule has 0 heterocycles. The summed E-state index contributed by atoms with van der Waals surface area (Å²) in [6.07, 6.45) is 3.79. The number of halogens is 3. The summed E-state index contributed by atoms with van der Waals surface area (Å²) in [6.45, 7) is 2.79. The molecule has 3 rings (SSSR count). The number of nitrogens with one attached hydrogen (secondary N) is 1. The Morgan fingerprint density at radius 1 is 1.26 bits per heavy atom. The maximum Gasteiger partial charge on any atom is 0.137 e. The molecule has 2 aliphatic carbocycles. The van der Waals surface area contributed by atoms with Gasteiger partial charge in [-0.15, -0.1) is 0 Å². The second-order valence-corrected chi connectivity index (χ2v) is 6.51. The molecule has 0 amide bonds. The summed E-state index contributed by atoms with van der Waals surface area (Å²) in [5.74, 6) is 1.23. The van der Waals surface area contributed by atoms with Gasteiger partial charge in [0.25, 0.3) is 0 Å². The molecule has 4 heteroatoms. The van der Waals surface area contributed by atoms with Gasteiger partial charge in [-0.25, -0.2) is 8.78 Å². The fourth-order valence-corrected chi connectivity index (χ4v) is 4.14. The van der Waals surface area contributed by atoms with E-state index in [0.717, 1.165) is 18.4 Å². The third-order valence-corrected chi connectivity index (χ3v) is 5.26. The standard InChI is InChI=1S/C15H18BrF2N/c1-2-19-15(14-8-4-3-5-9(8)14)10-6-13(18)11(16)7-12(10)17/h6-9,14-15,19H,2-5H2,1H3. The lowest BCUT2D eigenvalue weighted by Gasteiger charge is -2.21. The van der Waals surface area contributed by atoms with Gasteiger partial charge < -0.3 is 5.32 Å². The van der Waals surface area contributed by atoms with Crippen LogP contribution in [0.4, 0.5) is 8.78 Å². The van der Waals surface area contributed by atoms with Crippen molar-refractivity contribution in [1.29, 1.82) is 0 Å². The van der Waals surface area contributed by atoms with Gasteiger partial charge in [-0.05, 0) is 65.2 Å². The summed E-state index contributed by atoms with van der Waals surface area (Å²) in [5.41, 5.74) is 0.488. The van der Waals surface area contributed by atoms with Crippen LogP contribution in [0.3, 0.4) is 0 Å². The molecule has 2 saturated carbocycles. The quantitative estimate of drug-likeness (QED) is 0.806. The van der Waals surface area contributed by atoms with Crippen LogP contribution in [0.1, 0.15) is 37.8 Å². The van der Waals surface area contributed by atoms with Crippen molar-refractivity contribution in [3.05, 3.63) is 33.8 Å². The van der Waals surface area contributed by atoms with Crippen LogP contribution < -0.4 is 5.32 Å². The average Bonchev–Trinajstić information content (AvgIpc) is 2.82. The molecule has 2 fully saturated rings. The van der Waals surface area contributed by atoms with Gasteiger partial charge >= 0.3 is 0 Å². The first-order valence-corrected chi connectivity index (χ1v) is 7.80. The number of fused-ring (bicyclic) bond motifs is 1. The van der Waals surface area contributed by atoms with Gasteiger partial charge in [0.1, 0.15) is 11.6 Å². The highest BCUT2D eigenvalue weighted by molar-refractivity contribution is 9.10. The van der Waals surface area contributed by atoms with Gasteiger partial charge in [-0.3, -0.25) is 0 Å². The van der Waals surface area contributed by atoms with E-state index in [4.69, 9.17) is 0 Å². The molecule has 0 saturated heterocycles. The molecule has 104 valence electrons. The van der Waals surface area contributed by atoms with E-state index in [0.29, 0.717) is 11.5 Å². The highest BCUT2D eigenvalue weighted by Gasteiger charge is 2.56. The van der Waals surface area contributed by atoms with E-state index < -0.39 is 0 Å². The highest BCUT2D eigenvalue weighted by Crippen LogP contribution is 2.62. The van der Waals surface area contributed by atoms with Gasteiger partial charge in [-0.1, -0.05) is 13.3 Å². The summed E-state index contributed by atoms with van der Waals surface area (Å²) in [4.78, 5) is 0. The largest absolute Gasteiger partial charge is 0.310 e. The molecule has 1 nitrogen and oxygen atoms in total. The monoisotopic (exact) mass is 329 g/mol. The molecule has 3 atom stereocenters. The van der Waals surface area contributed by atoms with Crippen molar-refractivity contribution in [2.45, 2.75) is 32.2 Å². The van der Waals surface area contributed by atoms with E-state index in [1.165, 1.54) is 31.4 Å². The third-order valence-electron chi connectivity index (χ3n) is 4.66. The minimum Gasteiger partial charge on any atom is -0.310 e. The Bertz CT molecular complexity index is 481. The topological polar surface area (TPSA) is 12.0 Å².